The van der Waals surface area contributed by atoms with Gasteiger partial charge in [0.25, 0.3) is 0 Å². The summed E-state index contributed by atoms with van der Waals surface area (Å²) in [6.45, 7) is 8.13. The third-order valence-electron chi connectivity index (χ3n) is 5.49. The Balaban J connectivity index is 1.54. The van der Waals surface area contributed by atoms with E-state index in [1.165, 1.54) is 11.1 Å². The van der Waals surface area contributed by atoms with Gasteiger partial charge in [-0.2, -0.15) is 0 Å². The number of para-hydroxylation sites is 2. The third-order valence-corrected chi connectivity index (χ3v) is 6.54. The van der Waals surface area contributed by atoms with Crippen molar-refractivity contribution in [3.05, 3.63) is 64.0 Å². The maximum absolute atomic E-state index is 12.1. The molecule has 0 saturated carbocycles. The molecule has 0 aliphatic carbocycles. The first kappa shape index (κ1) is 20.5. The van der Waals surface area contributed by atoms with Crippen LogP contribution in [0.5, 0.6) is 11.5 Å². The van der Waals surface area contributed by atoms with Gasteiger partial charge in [0.15, 0.2) is 34.4 Å². The van der Waals surface area contributed by atoms with Gasteiger partial charge < -0.3 is 14.0 Å². The molecule has 1 aliphatic rings. The van der Waals surface area contributed by atoms with Crippen molar-refractivity contribution in [2.24, 2.45) is 7.05 Å². The molecular weight excluding hydrogens is 398 g/mol. The number of benzene rings is 2. The number of fused-ring (bicyclic) bond motifs is 1. The Bertz CT molecular complexity index is 1120. The molecule has 2 heterocycles. The molecule has 6 nitrogen and oxygen atoms in total. The van der Waals surface area contributed by atoms with Crippen LogP contribution in [0, 0.1) is 20.8 Å². The lowest BCUT2D eigenvalue weighted by molar-refractivity contribution is 0.0825. The highest BCUT2D eigenvalue weighted by atomic mass is 32.2. The fourth-order valence-electron chi connectivity index (χ4n) is 4.01. The molecule has 30 heavy (non-hydrogen) atoms. The van der Waals surface area contributed by atoms with Gasteiger partial charge in [-0.05, 0) is 62.1 Å². The van der Waals surface area contributed by atoms with E-state index in [0.29, 0.717) is 12.4 Å². The van der Waals surface area contributed by atoms with Crippen molar-refractivity contribution in [1.29, 1.82) is 0 Å². The van der Waals surface area contributed by atoms with Gasteiger partial charge in [0.05, 0.1) is 0 Å². The second-order valence-electron chi connectivity index (χ2n) is 7.60. The molecule has 0 spiro atoms. The number of hydrogen-bond donors (Lipinski definition) is 0. The van der Waals surface area contributed by atoms with E-state index in [1.807, 2.05) is 49.7 Å². The van der Waals surface area contributed by atoms with Gasteiger partial charge in [0.2, 0.25) is 0 Å². The molecule has 7 heteroatoms. The van der Waals surface area contributed by atoms with E-state index in [1.54, 1.807) is 18.7 Å². The standard InChI is InChI=1S/C23H25N3O3S/c1-13-10-14(2)21(16(4)27)15(3)17(13)12-30-23-25-24-22(26(23)5)20-11-28-18-8-6-7-9-19(18)29-20/h6-10,20H,11-12H2,1-5H3. The van der Waals surface area contributed by atoms with E-state index in [-0.39, 0.29) is 11.9 Å². The molecule has 3 aromatic rings. The average Bonchev–Trinajstić information content (AvgIpc) is 3.07. The number of nitrogens with zero attached hydrogens (tertiary/aromatic N) is 3. The first-order valence-corrected chi connectivity index (χ1v) is 10.9. The largest absolute Gasteiger partial charge is 0.485 e. The number of thioether (sulfide) groups is 1. The number of carbonyl (C=O) groups excluding carboxylic acids is 1. The lowest BCUT2D eigenvalue weighted by Crippen LogP contribution is -2.24. The van der Waals surface area contributed by atoms with Crippen LogP contribution in [0.4, 0.5) is 0 Å². The molecule has 4 rings (SSSR count). The van der Waals surface area contributed by atoms with Crippen LogP contribution >= 0.6 is 11.8 Å². The molecule has 0 fully saturated rings. The Morgan fingerprint density at radius 2 is 1.90 bits per heavy atom. The highest BCUT2D eigenvalue weighted by Gasteiger charge is 2.27. The van der Waals surface area contributed by atoms with Gasteiger partial charge in [-0.15, -0.1) is 10.2 Å². The van der Waals surface area contributed by atoms with Crippen molar-refractivity contribution >= 4 is 17.5 Å². The summed E-state index contributed by atoms with van der Waals surface area (Å²) >= 11 is 1.61. The number of hydrogen-bond acceptors (Lipinski definition) is 6. The molecule has 0 bridgehead atoms. The Morgan fingerprint density at radius 1 is 1.17 bits per heavy atom. The molecule has 0 amide bonds. The fourth-order valence-corrected chi connectivity index (χ4v) is 5.11. The maximum atomic E-state index is 12.1. The zero-order valence-corrected chi connectivity index (χ0v) is 18.7. The SMILES string of the molecule is CC(=O)c1c(C)cc(C)c(CSc2nnc(C3COc4ccccc4O3)n2C)c1C. The number of carbonyl (C=O) groups is 1. The summed E-state index contributed by atoms with van der Waals surface area (Å²) in [6, 6.07) is 9.72. The van der Waals surface area contributed by atoms with Gasteiger partial charge >= 0.3 is 0 Å². The van der Waals surface area contributed by atoms with Crippen LogP contribution in [-0.2, 0) is 12.8 Å². The quantitative estimate of drug-likeness (QED) is 0.436. The van der Waals surface area contributed by atoms with Crippen LogP contribution in [0.2, 0.25) is 0 Å². The summed E-state index contributed by atoms with van der Waals surface area (Å²) in [5, 5.41) is 9.53. The third kappa shape index (κ3) is 3.69. The van der Waals surface area contributed by atoms with Crippen LogP contribution in [0.25, 0.3) is 0 Å². The molecule has 0 N–H and O–H groups in total. The highest BCUT2D eigenvalue weighted by molar-refractivity contribution is 7.98. The number of aromatic nitrogens is 3. The Labute approximate surface area is 180 Å². The highest BCUT2D eigenvalue weighted by Crippen LogP contribution is 2.36. The van der Waals surface area contributed by atoms with Crippen LogP contribution < -0.4 is 9.47 Å². The first-order valence-electron chi connectivity index (χ1n) is 9.88. The van der Waals surface area contributed by atoms with Gasteiger partial charge in [-0.25, -0.2) is 0 Å². The summed E-state index contributed by atoms with van der Waals surface area (Å²) in [5.74, 6) is 3.01. The van der Waals surface area contributed by atoms with Crippen molar-refractivity contribution in [3.63, 3.8) is 0 Å². The zero-order chi connectivity index (χ0) is 21.4. The minimum Gasteiger partial charge on any atom is -0.485 e. The number of ketones is 1. The lowest BCUT2D eigenvalue weighted by atomic mass is 9.92. The zero-order valence-electron chi connectivity index (χ0n) is 17.9. The van der Waals surface area contributed by atoms with E-state index in [0.717, 1.165) is 39.2 Å². The van der Waals surface area contributed by atoms with Crippen LogP contribution in [0.3, 0.4) is 0 Å². The fraction of sp³-hybridized carbons (Fsp3) is 0.348. The number of rotatable bonds is 5. The monoisotopic (exact) mass is 423 g/mol. The Kier molecular flexibility index (Phi) is 5.56. The number of aryl methyl sites for hydroxylation is 2. The molecule has 0 saturated heterocycles. The van der Waals surface area contributed by atoms with E-state index in [2.05, 4.69) is 23.2 Å². The maximum Gasteiger partial charge on any atom is 0.192 e. The predicted octanol–water partition coefficient (Wildman–Crippen LogP) is 4.75. The van der Waals surface area contributed by atoms with Crippen molar-refractivity contribution in [1.82, 2.24) is 14.8 Å². The van der Waals surface area contributed by atoms with E-state index in [4.69, 9.17) is 9.47 Å². The normalized spacial score (nSPS) is 15.3. The van der Waals surface area contributed by atoms with E-state index < -0.39 is 0 Å². The number of Topliss-reactive ketones (excluding diaryl/α,β-unsaturated/α-hetero) is 1. The molecule has 1 aliphatic heterocycles. The minimum atomic E-state index is -0.307. The summed E-state index contributed by atoms with van der Waals surface area (Å²) in [5.41, 5.74) is 5.26. The summed E-state index contributed by atoms with van der Waals surface area (Å²) < 4.78 is 13.8. The summed E-state index contributed by atoms with van der Waals surface area (Å²) in [4.78, 5) is 12.1. The van der Waals surface area contributed by atoms with E-state index in [9.17, 15) is 4.79 Å². The number of ether oxygens (including phenoxy) is 2. The molecule has 156 valence electrons. The molecule has 1 unspecified atom stereocenters. The second-order valence-corrected chi connectivity index (χ2v) is 8.54. The smallest absolute Gasteiger partial charge is 0.192 e. The predicted molar refractivity (Wildman–Crippen MR) is 117 cm³/mol. The molecule has 1 atom stereocenters. The van der Waals surface area contributed by atoms with Gasteiger partial charge in [0.1, 0.15) is 6.61 Å². The minimum absolute atomic E-state index is 0.104. The Morgan fingerprint density at radius 3 is 2.63 bits per heavy atom. The molecular formula is C23H25N3O3S. The van der Waals surface area contributed by atoms with E-state index >= 15 is 0 Å². The summed E-state index contributed by atoms with van der Waals surface area (Å²) in [6.07, 6.45) is -0.307. The van der Waals surface area contributed by atoms with Crippen molar-refractivity contribution in [2.75, 3.05) is 6.61 Å². The van der Waals surface area contributed by atoms with Crippen molar-refractivity contribution in [2.45, 2.75) is 44.7 Å². The Hall–Kier alpha value is -2.80. The lowest BCUT2D eigenvalue weighted by Gasteiger charge is -2.25. The molecule has 1 aromatic heterocycles. The van der Waals surface area contributed by atoms with Gasteiger partial charge in [-0.1, -0.05) is 30.0 Å². The van der Waals surface area contributed by atoms with Gasteiger partial charge in [0, 0.05) is 18.4 Å². The second kappa shape index (κ2) is 8.14. The molecule has 2 aromatic carbocycles. The summed E-state index contributed by atoms with van der Waals surface area (Å²) in [7, 11) is 1.94. The van der Waals surface area contributed by atoms with Crippen molar-refractivity contribution in [3.8, 4) is 11.5 Å². The molecule has 0 radical (unpaired) electrons. The van der Waals surface area contributed by atoms with Crippen LogP contribution in [-0.4, -0.2) is 27.2 Å². The van der Waals surface area contributed by atoms with Gasteiger partial charge in [-0.3, -0.25) is 4.79 Å². The topological polar surface area (TPSA) is 66.2 Å². The van der Waals surface area contributed by atoms with Crippen LogP contribution in [0.1, 0.15) is 51.5 Å². The van der Waals surface area contributed by atoms with Crippen molar-refractivity contribution < 1.29 is 14.3 Å². The van der Waals surface area contributed by atoms with Crippen LogP contribution in [0.15, 0.2) is 35.5 Å². The average molecular weight is 424 g/mol. The first-order chi connectivity index (χ1) is 14.4.